The van der Waals surface area contributed by atoms with Crippen LogP contribution in [0.5, 0.6) is 11.5 Å². The normalized spacial score (nSPS) is 12.8. The molecule has 1 aliphatic rings. The Bertz CT molecular complexity index is 1180. The minimum Gasteiger partial charge on any atom is -0.486 e. The van der Waals surface area contributed by atoms with E-state index in [1.807, 2.05) is 12.1 Å². The zero-order valence-corrected chi connectivity index (χ0v) is 17.4. The number of fused-ring (bicyclic) bond motifs is 1. The maximum atomic E-state index is 12.8. The van der Waals surface area contributed by atoms with Crippen LogP contribution in [0.3, 0.4) is 0 Å². The van der Waals surface area contributed by atoms with Crippen molar-refractivity contribution in [3.8, 4) is 11.5 Å². The number of rotatable bonds is 7. The lowest BCUT2D eigenvalue weighted by Crippen LogP contribution is -2.25. The molecule has 31 heavy (non-hydrogen) atoms. The fourth-order valence-electron chi connectivity index (χ4n) is 3.10. The molecule has 0 fully saturated rings. The zero-order valence-electron chi connectivity index (χ0n) is 16.6. The lowest BCUT2D eigenvalue weighted by atomic mass is 10.2. The monoisotopic (exact) mass is 439 g/mol. The second-order valence-corrected chi connectivity index (χ2v) is 8.54. The van der Waals surface area contributed by atoms with Gasteiger partial charge in [0.1, 0.15) is 13.2 Å². The molecule has 0 radical (unpaired) electrons. The van der Waals surface area contributed by atoms with E-state index in [4.69, 9.17) is 9.47 Å². The Kier molecular flexibility index (Phi) is 6.03. The highest BCUT2D eigenvalue weighted by molar-refractivity contribution is 7.92. The van der Waals surface area contributed by atoms with Crippen LogP contribution >= 0.6 is 0 Å². The Balaban J connectivity index is 1.42. The van der Waals surface area contributed by atoms with Crippen LogP contribution in [0.2, 0.25) is 0 Å². The van der Waals surface area contributed by atoms with Crippen LogP contribution in [0.4, 0.5) is 5.69 Å². The van der Waals surface area contributed by atoms with E-state index in [-0.39, 0.29) is 16.5 Å². The van der Waals surface area contributed by atoms with Gasteiger partial charge in [-0.25, -0.2) is 8.42 Å². The number of benzene rings is 2. The predicted octanol–water partition coefficient (Wildman–Crippen LogP) is 2.63. The van der Waals surface area contributed by atoms with E-state index in [2.05, 4.69) is 15.0 Å². The van der Waals surface area contributed by atoms with Crippen LogP contribution in [0, 0.1) is 0 Å². The third-order valence-electron chi connectivity index (χ3n) is 4.62. The van der Waals surface area contributed by atoms with Crippen molar-refractivity contribution < 1.29 is 22.7 Å². The van der Waals surface area contributed by atoms with Gasteiger partial charge in [0, 0.05) is 36.3 Å². The molecule has 0 unspecified atom stereocenters. The predicted molar refractivity (Wildman–Crippen MR) is 115 cm³/mol. The fraction of sp³-hybridized carbons (Fsp3) is 0.182. The number of pyridine rings is 1. The van der Waals surface area contributed by atoms with E-state index < -0.39 is 10.0 Å². The molecule has 4 rings (SSSR count). The van der Waals surface area contributed by atoms with Gasteiger partial charge in [-0.3, -0.25) is 14.5 Å². The van der Waals surface area contributed by atoms with Gasteiger partial charge in [-0.2, -0.15) is 0 Å². The van der Waals surface area contributed by atoms with Gasteiger partial charge in [0.05, 0.1) is 4.90 Å². The Morgan fingerprint density at radius 3 is 2.65 bits per heavy atom. The first-order chi connectivity index (χ1) is 15.0. The lowest BCUT2D eigenvalue weighted by Gasteiger charge is -2.19. The van der Waals surface area contributed by atoms with E-state index in [9.17, 15) is 13.2 Å². The van der Waals surface area contributed by atoms with Gasteiger partial charge in [-0.05, 0) is 48.4 Å². The van der Waals surface area contributed by atoms with Crippen LogP contribution in [-0.4, -0.2) is 39.1 Å². The van der Waals surface area contributed by atoms with Crippen LogP contribution in [0.1, 0.15) is 15.9 Å². The van der Waals surface area contributed by atoms with Gasteiger partial charge in [0.25, 0.3) is 15.9 Å². The van der Waals surface area contributed by atoms with E-state index >= 15 is 0 Å². The molecule has 0 spiro atoms. The Morgan fingerprint density at radius 1 is 1.00 bits per heavy atom. The highest BCUT2D eigenvalue weighted by Crippen LogP contribution is 2.32. The van der Waals surface area contributed by atoms with Crippen molar-refractivity contribution in [3.63, 3.8) is 0 Å². The second-order valence-electron chi connectivity index (χ2n) is 6.86. The van der Waals surface area contributed by atoms with Gasteiger partial charge < -0.3 is 14.8 Å². The Labute approximate surface area is 180 Å². The molecule has 0 saturated carbocycles. The topological polar surface area (TPSA) is 107 Å². The quantitative estimate of drug-likeness (QED) is 0.586. The van der Waals surface area contributed by atoms with Crippen LogP contribution in [0.25, 0.3) is 0 Å². The Hall–Kier alpha value is -3.59. The molecule has 3 aromatic rings. The van der Waals surface area contributed by atoms with E-state index in [1.165, 1.54) is 18.2 Å². The van der Waals surface area contributed by atoms with Crippen molar-refractivity contribution >= 4 is 21.6 Å². The molecule has 1 aliphatic heterocycles. The summed E-state index contributed by atoms with van der Waals surface area (Å²) in [7, 11) is -3.87. The number of amides is 1. The first-order valence-electron chi connectivity index (χ1n) is 9.71. The summed E-state index contributed by atoms with van der Waals surface area (Å²) < 4.78 is 39.0. The third kappa shape index (κ3) is 5.13. The summed E-state index contributed by atoms with van der Waals surface area (Å²) in [6, 6.07) is 14.5. The number of hydrogen-bond donors (Lipinski definition) is 2. The highest BCUT2D eigenvalue weighted by Gasteiger charge is 2.20. The van der Waals surface area contributed by atoms with Crippen LogP contribution in [0.15, 0.2) is 71.9 Å². The van der Waals surface area contributed by atoms with E-state index in [0.29, 0.717) is 43.2 Å². The summed E-state index contributed by atoms with van der Waals surface area (Å²) in [5.41, 5.74) is 1.66. The maximum Gasteiger partial charge on any atom is 0.262 e. The van der Waals surface area contributed by atoms with Gasteiger partial charge in [-0.15, -0.1) is 0 Å². The lowest BCUT2D eigenvalue weighted by molar-refractivity contribution is 0.0954. The summed E-state index contributed by atoms with van der Waals surface area (Å²) in [6.07, 6.45) is 4.09. The molecule has 2 N–H and O–H groups in total. The molecular weight excluding hydrogens is 418 g/mol. The molecule has 0 aliphatic carbocycles. The van der Waals surface area contributed by atoms with Crippen molar-refractivity contribution in [3.05, 3.63) is 78.1 Å². The summed E-state index contributed by atoms with van der Waals surface area (Å²) >= 11 is 0. The number of ether oxygens (including phenoxy) is 2. The van der Waals surface area contributed by atoms with Crippen LogP contribution < -0.4 is 19.5 Å². The SMILES string of the molecule is O=C(NCCc1cccnc1)c1cccc(NS(=O)(=O)c2ccc3c(c2)OCCO3)c1. The average Bonchev–Trinajstić information content (AvgIpc) is 2.79. The number of aromatic nitrogens is 1. The van der Waals surface area contributed by atoms with Gasteiger partial charge in [-0.1, -0.05) is 12.1 Å². The molecule has 0 saturated heterocycles. The molecule has 0 atom stereocenters. The smallest absolute Gasteiger partial charge is 0.262 e. The number of sulfonamides is 1. The first-order valence-corrected chi connectivity index (χ1v) is 11.2. The molecule has 0 bridgehead atoms. The molecule has 1 aromatic heterocycles. The van der Waals surface area contributed by atoms with Crippen molar-refractivity contribution in [1.82, 2.24) is 10.3 Å². The number of carbonyl (C=O) groups excluding carboxylic acids is 1. The van der Waals surface area contributed by atoms with Gasteiger partial charge in [0.2, 0.25) is 0 Å². The highest BCUT2D eigenvalue weighted by atomic mass is 32.2. The maximum absolute atomic E-state index is 12.8. The van der Waals surface area contributed by atoms with Crippen molar-refractivity contribution in [1.29, 1.82) is 0 Å². The Morgan fingerprint density at radius 2 is 1.84 bits per heavy atom. The molecule has 9 heteroatoms. The summed E-state index contributed by atoms with van der Waals surface area (Å²) in [5, 5.41) is 2.83. The van der Waals surface area contributed by atoms with Crippen molar-refractivity contribution in [2.75, 3.05) is 24.5 Å². The molecule has 160 valence electrons. The largest absolute Gasteiger partial charge is 0.486 e. The summed E-state index contributed by atoms with van der Waals surface area (Å²) in [4.78, 5) is 16.5. The molecule has 8 nitrogen and oxygen atoms in total. The number of anilines is 1. The second kappa shape index (κ2) is 9.05. The van der Waals surface area contributed by atoms with Gasteiger partial charge >= 0.3 is 0 Å². The standard InChI is InChI=1S/C22H21N3O5S/c26-22(24-10-8-16-3-2-9-23-15-16)17-4-1-5-18(13-17)25-31(27,28)19-6-7-20-21(14-19)30-12-11-29-20/h1-7,9,13-15,25H,8,10-12H2,(H,24,26). The van der Waals surface area contributed by atoms with Gasteiger partial charge in [0.15, 0.2) is 11.5 Å². The van der Waals surface area contributed by atoms with Crippen molar-refractivity contribution in [2.24, 2.45) is 0 Å². The van der Waals surface area contributed by atoms with Crippen molar-refractivity contribution in [2.45, 2.75) is 11.3 Å². The molecule has 2 aromatic carbocycles. The number of nitrogens with one attached hydrogen (secondary N) is 2. The first kappa shape index (κ1) is 20.7. The number of hydrogen-bond acceptors (Lipinski definition) is 6. The molecular formula is C22H21N3O5S. The minimum absolute atomic E-state index is 0.0445. The van der Waals surface area contributed by atoms with E-state index in [0.717, 1.165) is 5.56 Å². The number of carbonyl (C=O) groups is 1. The molecule has 2 heterocycles. The number of nitrogens with zero attached hydrogens (tertiary/aromatic N) is 1. The van der Waals surface area contributed by atoms with E-state index in [1.54, 1.807) is 36.7 Å². The summed E-state index contributed by atoms with van der Waals surface area (Å²) in [6.45, 7) is 1.23. The average molecular weight is 439 g/mol. The molecule has 1 amide bonds. The minimum atomic E-state index is -3.87. The zero-order chi connectivity index (χ0) is 21.7. The third-order valence-corrected chi connectivity index (χ3v) is 6.00. The summed E-state index contributed by atoms with van der Waals surface area (Å²) in [5.74, 6) is 0.607. The fourth-order valence-corrected chi connectivity index (χ4v) is 4.16. The van der Waals surface area contributed by atoms with Crippen LogP contribution in [-0.2, 0) is 16.4 Å².